The van der Waals surface area contributed by atoms with E-state index in [1.807, 2.05) is 11.8 Å². The largest absolute Gasteiger partial charge is 0.310 e. The van der Waals surface area contributed by atoms with E-state index in [1.165, 1.54) is 18.2 Å². The second kappa shape index (κ2) is 6.91. The van der Waals surface area contributed by atoms with Gasteiger partial charge in [-0.05, 0) is 61.6 Å². The maximum atomic E-state index is 13.4. The van der Waals surface area contributed by atoms with Crippen molar-refractivity contribution in [2.45, 2.75) is 30.2 Å². The zero-order valence-electron chi connectivity index (χ0n) is 11.6. The highest BCUT2D eigenvalue weighted by Crippen LogP contribution is 2.32. The average Bonchev–Trinajstić information content (AvgIpc) is 2.40. The summed E-state index contributed by atoms with van der Waals surface area (Å²) in [6.45, 7) is 0.835. The number of benzene rings is 1. The molecule has 20 heavy (non-hydrogen) atoms. The standard InChI is InChI=1S/C14H20FNO2S2/c1-19-8-3-2-7-16-13-6-9-20(17,18)14-5-4-11(15)10-12(13)14/h4-5,10,13,16H,2-3,6-9H2,1H3. The van der Waals surface area contributed by atoms with Gasteiger partial charge < -0.3 is 5.32 Å². The van der Waals surface area contributed by atoms with E-state index >= 15 is 0 Å². The molecule has 0 radical (unpaired) electrons. The highest BCUT2D eigenvalue weighted by Gasteiger charge is 2.30. The molecule has 1 heterocycles. The monoisotopic (exact) mass is 317 g/mol. The third kappa shape index (κ3) is 3.74. The maximum absolute atomic E-state index is 13.4. The number of halogens is 1. The minimum absolute atomic E-state index is 0.0569. The zero-order chi connectivity index (χ0) is 14.6. The molecule has 1 atom stereocenters. The van der Waals surface area contributed by atoms with Gasteiger partial charge in [-0.3, -0.25) is 0 Å². The number of rotatable bonds is 6. The number of unbranched alkanes of at least 4 members (excludes halogenated alkanes) is 1. The predicted octanol–water partition coefficient (Wildman–Crippen LogP) is 2.78. The van der Waals surface area contributed by atoms with Crippen LogP contribution in [0.2, 0.25) is 0 Å². The van der Waals surface area contributed by atoms with Gasteiger partial charge in [-0.15, -0.1) is 0 Å². The zero-order valence-corrected chi connectivity index (χ0v) is 13.2. The molecule has 2 rings (SSSR count). The van der Waals surface area contributed by atoms with Gasteiger partial charge in [-0.2, -0.15) is 11.8 Å². The predicted molar refractivity (Wildman–Crippen MR) is 81.4 cm³/mol. The van der Waals surface area contributed by atoms with Gasteiger partial charge in [0, 0.05) is 6.04 Å². The first kappa shape index (κ1) is 15.8. The molecule has 0 saturated carbocycles. The van der Waals surface area contributed by atoms with Crippen LogP contribution in [0.5, 0.6) is 0 Å². The van der Waals surface area contributed by atoms with Crippen molar-refractivity contribution in [3.8, 4) is 0 Å². The molecule has 1 aromatic rings. The number of sulfone groups is 1. The Bertz CT molecular complexity index is 560. The Morgan fingerprint density at radius 3 is 2.95 bits per heavy atom. The molecule has 0 bridgehead atoms. The number of hydrogen-bond acceptors (Lipinski definition) is 4. The molecule has 1 unspecified atom stereocenters. The number of thioether (sulfide) groups is 1. The van der Waals surface area contributed by atoms with Crippen molar-refractivity contribution < 1.29 is 12.8 Å². The summed E-state index contributed by atoms with van der Waals surface area (Å²) in [5.41, 5.74) is 0.584. The van der Waals surface area contributed by atoms with Gasteiger partial charge in [-0.1, -0.05) is 0 Å². The van der Waals surface area contributed by atoms with Gasteiger partial charge in [0.25, 0.3) is 0 Å². The van der Waals surface area contributed by atoms with E-state index in [0.29, 0.717) is 12.0 Å². The minimum Gasteiger partial charge on any atom is -0.310 e. The molecule has 1 aromatic carbocycles. The van der Waals surface area contributed by atoms with Gasteiger partial charge in [-0.25, -0.2) is 12.8 Å². The first-order chi connectivity index (χ1) is 9.54. The van der Waals surface area contributed by atoms with Crippen molar-refractivity contribution in [3.05, 3.63) is 29.6 Å². The summed E-state index contributed by atoms with van der Waals surface area (Å²) in [7, 11) is -3.24. The van der Waals surface area contributed by atoms with Gasteiger partial charge in [0.15, 0.2) is 9.84 Å². The molecule has 1 aliphatic heterocycles. The van der Waals surface area contributed by atoms with Gasteiger partial charge >= 0.3 is 0 Å². The lowest BCUT2D eigenvalue weighted by Crippen LogP contribution is -2.30. The van der Waals surface area contributed by atoms with E-state index in [0.717, 1.165) is 25.1 Å². The molecule has 0 saturated heterocycles. The van der Waals surface area contributed by atoms with Gasteiger partial charge in [0.05, 0.1) is 10.6 Å². The van der Waals surface area contributed by atoms with Crippen molar-refractivity contribution in [1.82, 2.24) is 5.32 Å². The fourth-order valence-corrected chi connectivity index (χ4v) is 4.57. The minimum atomic E-state index is -3.24. The normalized spacial score (nSPS) is 20.6. The van der Waals surface area contributed by atoms with E-state index in [-0.39, 0.29) is 22.5 Å². The fourth-order valence-electron chi connectivity index (χ4n) is 2.47. The molecule has 6 heteroatoms. The number of nitrogens with one attached hydrogen (secondary N) is 1. The topological polar surface area (TPSA) is 46.2 Å². The Hall–Kier alpha value is -0.590. The maximum Gasteiger partial charge on any atom is 0.178 e. The molecular formula is C14H20FNO2S2. The Balaban J connectivity index is 2.07. The Labute approximate surface area is 124 Å². The Kier molecular flexibility index (Phi) is 5.46. The SMILES string of the molecule is CSCCCCNC1CCS(=O)(=O)c2ccc(F)cc21. The van der Waals surface area contributed by atoms with E-state index in [9.17, 15) is 12.8 Å². The number of hydrogen-bond donors (Lipinski definition) is 1. The van der Waals surface area contributed by atoms with Crippen LogP contribution in [0.25, 0.3) is 0 Å². The molecule has 112 valence electrons. The van der Waals surface area contributed by atoms with Crippen LogP contribution in [0.3, 0.4) is 0 Å². The molecule has 0 spiro atoms. The molecule has 3 nitrogen and oxygen atoms in total. The summed E-state index contributed by atoms with van der Waals surface area (Å²) in [5.74, 6) is 0.884. The van der Waals surface area contributed by atoms with Crippen LogP contribution in [0.1, 0.15) is 30.9 Å². The quantitative estimate of drug-likeness (QED) is 0.647. The van der Waals surface area contributed by atoms with Crippen LogP contribution >= 0.6 is 11.8 Å². The van der Waals surface area contributed by atoms with Crippen LogP contribution in [-0.4, -0.2) is 32.7 Å². The molecule has 1 aliphatic rings. The van der Waals surface area contributed by atoms with E-state index in [1.54, 1.807) is 0 Å². The highest BCUT2D eigenvalue weighted by molar-refractivity contribution is 7.98. The van der Waals surface area contributed by atoms with Crippen molar-refractivity contribution >= 4 is 21.6 Å². The van der Waals surface area contributed by atoms with Crippen LogP contribution in [0.4, 0.5) is 4.39 Å². The summed E-state index contributed by atoms with van der Waals surface area (Å²) in [5, 5.41) is 3.36. The van der Waals surface area contributed by atoms with Gasteiger partial charge in [0.2, 0.25) is 0 Å². The molecule has 1 N–H and O–H groups in total. The summed E-state index contributed by atoms with van der Waals surface area (Å²) in [4.78, 5) is 0.284. The summed E-state index contributed by atoms with van der Waals surface area (Å²) in [6, 6.07) is 3.91. The average molecular weight is 317 g/mol. The fraction of sp³-hybridized carbons (Fsp3) is 0.571. The second-order valence-corrected chi connectivity index (χ2v) is 8.06. The highest BCUT2D eigenvalue weighted by atomic mass is 32.2. The molecule has 0 aliphatic carbocycles. The van der Waals surface area contributed by atoms with E-state index in [4.69, 9.17) is 0 Å². The van der Waals surface area contributed by atoms with Crippen LogP contribution in [-0.2, 0) is 9.84 Å². The third-order valence-corrected chi connectivity index (χ3v) is 6.04. The van der Waals surface area contributed by atoms with E-state index in [2.05, 4.69) is 11.6 Å². The lowest BCUT2D eigenvalue weighted by atomic mass is 10.0. The summed E-state index contributed by atoms with van der Waals surface area (Å²) in [6.07, 6.45) is 4.78. The van der Waals surface area contributed by atoms with Crippen LogP contribution < -0.4 is 5.32 Å². The first-order valence-corrected chi connectivity index (χ1v) is 9.84. The Morgan fingerprint density at radius 2 is 2.20 bits per heavy atom. The van der Waals surface area contributed by atoms with Crippen LogP contribution in [0.15, 0.2) is 23.1 Å². The number of fused-ring (bicyclic) bond motifs is 1. The van der Waals surface area contributed by atoms with Crippen molar-refractivity contribution in [3.63, 3.8) is 0 Å². The van der Waals surface area contributed by atoms with Crippen LogP contribution in [0, 0.1) is 5.82 Å². The molecular weight excluding hydrogens is 297 g/mol. The lowest BCUT2D eigenvalue weighted by molar-refractivity contribution is 0.481. The van der Waals surface area contributed by atoms with Gasteiger partial charge in [0.1, 0.15) is 5.82 Å². The second-order valence-electron chi connectivity index (χ2n) is 5.00. The lowest BCUT2D eigenvalue weighted by Gasteiger charge is -2.26. The van der Waals surface area contributed by atoms with Crippen molar-refractivity contribution in [1.29, 1.82) is 0 Å². The summed E-state index contributed by atoms with van der Waals surface area (Å²) < 4.78 is 37.4. The van der Waals surface area contributed by atoms with Crippen molar-refractivity contribution in [2.75, 3.05) is 24.3 Å². The Morgan fingerprint density at radius 1 is 1.40 bits per heavy atom. The van der Waals surface area contributed by atoms with Crippen molar-refractivity contribution in [2.24, 2.45) is 0 Å². The molecule has 0 aromatic heterocycles. The summed E-state index contributed by atoms with van der Waals surface area (Å²) >= 11 is 1.82. The third-order valence-electron chi connectivity index (χ3n) is 3.52. The smallest absolute Gasteiger partial charge is 0.178 e. The first-order valence-electron chi connectivity index (χ1n) is 6.79. The molecule has 0 fully saturated rings. The molecule has 0 amide bonds. The van der Waals surface area contributed by atoms with E-state index < -0.39 is 9.84 Å².